The quantitative estimate of drug-likeness (QED) is 0.418. The molecule has 0 unspecified atom stereocenters. The van der Waals surface area contributed by atoms with E-state index in [1.807, 2.05) is 0 Å². The Morgan fingerprint density at radius 3 is 1.08 bits per heavy atom. The summed E-state index contributed by atoms with van der Waals surface area (Å²) >= 11 is 22.7. The Bertz CT molecular complexity index is 232. The molecule has 1 rings (SSSR count). The standard InChI is InChI=1S/C6H4Cl4N2/c7-1-2(8)4(10)6(12)5(11)3(1)9/h11-12H2. The Labute approximate surface area is 89.3 Å². The topological polar surface area (TPSA) is 52.0 Å². The van der Waals surface area contributed by atoms with Crippen LogP contribution in [0.1, 0.15) is 0 Å². The molecule has 0 aliphatic rings. The van der Waals surface area contributed by atoms with E-state index in [2.05, 4.69) is 0 Å². The number of halogens is 4. The van der Waals surface area contributed by atoms with Gasteiger partial charge in [-0.15, -0.1) is 0 Å². The van der Waals surface area contributed by atoms with Crippen molar-refractivity contribution in [3.05, 3.63) is 20.1 Å². The van der Waals surface area contributed by atoms with Crippen LogP contribution in [-0.2, 0) is 0 Å². The van der Waals surface area contributed by atoms with E-state index in [0.717, 1.165) is 0 Å². The third-order valence-electron chi connectivity index (χ3n) is 1.34. The predicted octanol–water partition coefficient (Wildman–Crippen LogP) is 3.46. The summed E-state index contributed by atoms with van der Waals surface area (Å²) in [4.78, 5) is 0. The fourth-order valence-corrected chi connectivity index (χ4v) is 1.55. The molecule has 1 aromatic rings. The Kier molecular flexibility index (Phi) is 2.84. The first-order chi connectivity index (χ1) is 5.46. The van der Waals surface area contributed by atoms with Crippen molar-refractivity contribution in [2.24, 2.45) is 0 Å². The van der Waals surface area contributed by atoms with Crippen molar-refractivity contribution in [2.75, 3.05) is 11.5 Å². The van der Waals surface area contributed by atoms with Gasteiger partial charge in [0.15, 0.2) is 0 Å². The van der Waals surface area contributed by atoms with Crippen molar-refractivity contribution >= 4 is 57.8 Å². The number of benzene rings is 1. The summed E-state index contributed by atoms with van der Waals surface area (Å²) < 4.78 is 0. The first-order valence-corrected chi connectivity index (χ1v) is 4.35. The molecule has 0 aromatic heterocycles. The molecule has 0 saturated heterocycles. The van der Waals surface area contributed by atoms with Crippen molar-refractivity contribution in [1.82, 2.24) is 0 Å². The van der Waals surface area contributed by atoms with Crippen LogP contribution < -0.4 is 11.5 Å². The Balaban J connectivity index is 3.60. The Hall–Kier alpha value is -0.0200. The maximum absolute atomic E-state index is 5.68. The summed E-state index contributed by atoms with van der Waals surface area (Å²) in [6.07, 6.45) is 0. The lowest BCUT2D eigenvalue weighted by Gasteiger charge is -2.08. The second-order valence-electron chi connectivity index (χ2n) is 2.08. The highest BCUT2D eigenvalue weighted by atomic mass is 35.5. The fourth-order valence-electron chi connectivity index (χ4n) is 0.666. The van der Waals surface area contributed by atoms with Crippen LogP contribution in [0, 0.1) is 0 Å². The van der Waals surface area contributed by atoms with Gasteiger partial charge in [-0.3, -0.25) is 0 Å². The molecule has 0 bridgehead atoms. The molecule has 66 valence electrons. The summed E-state index contributed by atoms with van der Waals surface area (Å²) in [5.74, 6) is 0. The van der Waals surface area contributed by atoms with E-state index in [-0.39, 0.29) is 31.5 Å². The average Bonchev–Trinajstić information content (AvgIpc) is 2.08. The number of hydrogen-bond acceptors (Lipinski definition) is 2. The van der Waals surface area contributed by atoms with Crippen LogP contribution in [0.5, 0.6) is 0 Å². The van der Waals surface area contributed by atoms with Crippen LogP contribution in [0.4, 0.5) is 11.4 Å². The van der Waals surface area contributed by atoms with E-state index in [1.165, 1.54) is 0 Å². The molecule has 0 atom stereocenters. The van der Waals surface area contributed by atoms with Gasteiger partial charge in [0.05, 0.1) is 31.5 Å². The number of anilines is 2. The zero-order chi connectivity index (χ0) is 9.46. The lowest BCUT2D eigenvalue weighted by atomic mass is 10.3. The molecule has 6 heteroatoms. The average molecular weight is 246 g/mol. The third kappa shape index (κ3) is 1.40. The molecule has 12 heavy (non-hydrogen) atoms. The summed E-state index contributed by atoms with van der Waals surface area (Å²) in [6.45, 7) is 0. The van der Waals surface area contributed by atoms with E-state index < -0.39 is 0 Å². The lowest BCUT2D eigenvalue weighted by Crippen LogP contribution is -1.97. The molecule has 2 nitrogen and oxygen atoms in total. The van der Waals surface area contributed by atoms with Gasteiger partial charge >= 0.3 is 0 Å². The first kappa shape index (κ1) is 10.1. The van der Waals surface area contributed by atoms with E-state index in [1.54, 1.807) is 0 Å². The Morgan fingerprint density at radius 1 is 0.583 bits per heavy atom. The molecule has 0 radical (unpaired) electrons. The highest BCUT2D eigenvalue weighted by Gasteiger charge is 2.15. The van der Waals surface area contributed by atoms with E-state index in [0.29, 0.717) is 0 Å². The molecule has 0 saturated carbocycles. The monoisotopic (exact) mass is 244 g/mol. The highest BCUT2D eigenvalue weighted by molar-refractivity contribution is 6.54. The smallest absolute Gasteiger partial charge is 0.0859 e. The molecule has 0 aliphatic heterocycles. The summed E-state index contributed by atoms with van der Waals surface area (Å²) in [6, 6.07) is 0. The van der Waals surface area contributed by atoms with Gasteiger partial charge in [-0.2, -0.15) is 0 Å². The third-order valence-corrected chi connectivity index (χ3v) is 3.17. The zero-order valence-corrected chi connectivity index (χ0v) is 8.69. The van der Waals surface area contributed by atoms with Crippen molar-refractivity contribution in [3.8, 4) is 0 Å². The van der Waals surface area contributed by atoms with E-state index in [9.17, 15) is 0 Å². The van der Waals surface area contributed by atoms with Crippen molar-refractivity contribution < 1.29 is 0 Å². The van der Waals surface area contributed by atoms with Crippen molar-refractivity contribution in [2.45, 2.75) is 0 Å². The van der Waals surface area contributed by atoms with Gasteiger partial charge in [0, 0.05) is 0 Å². The van der Waals surface area contributed by atoms with Crippen molar-refractivity contribution in [1.29, 1.82) is 0 Å². The van der Waals surface area contributed by atoms with Crippen LogP contribution in [0.25, 0.3) is 0 Å². The number of nitrogens with two attached hydrogens (primary N) is 2. The van der Waals surface area contributed by atoms with Gasteiger partial charge in [-0.1, -0.05) is 46.4 Å². The van der Waals surface area contributed by atoms with Crippen LogP contribution in [0.15, 0.2) is 0 Å². The molecule has 0 spiro atoms. The zero-order valence-electron chi connectivity index (χ0n) is 5.67. The predicted molar refractivity (Wildman–Crippen MR) is 55.3 cm³/mol. The minimum Gasteiger partial charge on any atom is -0.396 e. The number of rotatable bonds is 0. The lowest BCUT2D eigenvalue weighted by molar-refractivity contribution is 1.65. The molecule has 0 aliphatic carbocycles. The molecule has 0 heterocycles. The van der Waals surface area contributed by atoms with Crippen LogP contribution in [0.3, 0.4) is 0 Å². The molecule has 0 amide bonds. The molecule has 4 N–H and O–H groups in total. The van der Waals surface area contributed by atoms with Gasteiger partial charge in [-0.25, -0.2) is 0 Å². The fraction of sp³-hybridized carbons (Fsp3) is 0. The van der Waals surface area contributed by atoms with E-state index in [4.69, 9.17) is 57.9 Å². The molecular formula is C6H4Cl4N2. The normalized spacial score (nSPS) is 10.3. The molecular weight excluding hydrogens is 242 g/mol. The number of nitrogen functional groups attached to an aromatic ring is 2. The minimum absolute atomic E-state index is 0.120. The summed E-state index contributed by atoms with van der Waals surface area (Å²) in [5, 5.41) is 0.497. The second kappa shape index (κ2) is 3.38. The van der Waals surface area contributed by atoms with Crippen LogP contribution in [-0.4, -0.2) is 0 Å². The Morgan fingerprint density at radius 2 is 0.833 bits per heavy atom. The highest BCUT2D eigenvalue weighted by Crippen LogP contribution is 2.44. The summed E-state index contributed by atoms with van der Waals surface area (Å²) in [5.41, 5.74) is 11.2. The molecule has 1 aromatic carbocycles. The molecule has 0 fully saturated rings. The van der Waals surface area contributed by atoms with Crippen LogP contribution >= 0.6 is 46.4 Å². The first-order valence-electron chi connectivity index (χ1n) is 2.83. The largest absolute Gasteiger partial charge is 0.396 e. The van der Waals surface area contributed by atoms with E-state index >= 15 is 0 Å². The SMILES string of the molecule is Nc1c(N)c(Cl)c(Cl)c(Cl)c1Cl. The van der Waals surface area contributed by atoms with Crippen molar-refractivity contribution in [3.63, 3.8) is 0 Å². The maximum atomic E-state index is 5.68. The number of hydrogen-bond donors (Lipinski definition) is 2. The van der Waals surface area contributed by atoms with Gasteiger partial charge in [0.2, 0.25) is 0 Å². The van der Waals surface area contributed by atoms with Gasteiger partial charge in [-0.05, 0) is 0 Å². The summed E-state index contributed by atoms with van der Waals surface area (Å²) in [7, 11) is 0. The van der Waals surface area contributed by atoms with Gasteiger partial charge < -0.3 is 11.5 Å². The van der Waals surface area contributed by atoms with Gasteiger partial charge in [0.1, 0.15) is 0 Å². The van der Waals surface area contributed by atoms with Crippen LogP contribution in [0.2, 0.25) is 20.1 Å². The second-order valence-corrected chi connectivity index (χ2v) is 3.60. The minimum atomic E-state index is 0.120. The maximum Gasteiger partial charge on any atom is 0.0859 e. The van der Waals surface area contributed by atoms with Gasteiger partial charge in [0.25, 0.3) is 0 Å².